The number of nitrogens with zero attached hydrogens (tertiary/aromatic N) is 3. The summed E-state index contributed by atoms with van der Waals surface area (Å²) in [6.07, 6.45) is -0.0468. The number of hydrogen-bond acceptors (Lipinski definition) is 4. The maximum atomic E-state index is 4.42. The summed E-state index contributed by atoms with van der Waals surface area (Å²) < 4.78 is 0. The molecule has 0 radical (unpaired) electrons. The second-order valence-corrected chi connectivity index (χ2v) is 5.34. The number of benzene rings is 2. The number of thioether (sulfide) groups is 1. The van der Waals surface area contributed by atoms with Gasteiger partial charge in [0, 0.05) is 10.3 Å². The molecule has 4 heteroatoms. The predicted octanol–water partition coefficient (Wildman–Crippen LogP) is 4.56. The van der Waals surface area contributed by atoms with Gasteiger partial charge in [-0.3, -0.25) is 4.90 Å². The van der Waals surface area contributed by atoms with Gasteiger partial charge in [-0.05, 0) is 17.7 Å². The third-order valence-corrected chi connectivity index (χ3v) is 4.20. The van der Waals surface area contributed by atoms with Crippen molar-refractivity contribution in [3.05, 3.63) is 71.4 Å². The lowest BCUT2D eigenvalue weighted by atomic mass is 10.1. The Hall–Kier alpha value is -2.07. The summed E-state index contributed by atoms with van der Waals surface area (Å²) >= 11 is 1.70. The van der Waals surface area contributed by atoms with Crippen LogP contribution in [0.5, 0.6) is 0 Å². The summed E-state index contributed by atoms with van der Waals surface area (Å²) in [6, 6.07) is 18.7. The lowest BCUT2D eigenvalue weighted by molar-refractivity contribution is 0.744. The standard InChI is InChI=1S/C15H11N3S/c1-2-6-11(7-3-1)15-17-16-14-10-19-13-9-5-4-8-12(13)18(14)15/h1-10,15H. The van der Waals surface area contributed by atoms with Gasteiger partial charge in [-0.25, -0.2) is 0 Å². The molecule has 0 saturated heterocycles. The first kappa shape index (κ1) is 10.8. The van der Waals surface area contributed by atoms with Gasteiger partial charge in [-0.2, -0.15) is 5.11 Å². The maximum Gasteiger partial charge on any atom is 0.173 e. The highest BCUT2D eigenvalue weighted by Gasteiger charge is 2.32. The van der Waals surface area contributed by atoms with Gasteiger partial charge in [-0.1, -0.05) is 54.2 Å². The molecule has 0 bridgehead atoms. The Kier molecular flexibility index (Phi) is 2.42. The van der Waals surface area contributed by atoms with Crippen LogP contribution in [0.15, 0.2) is 81.0 Å². The quantitative estimate of drug-likeness (QED) is 0.756. The Balaban J connectivity index is 1.83. The van der Waals surface area contributed by atoms with Crippen molar-refractivity contribution < 1.29 is 0 Å². The average molecular weight is 265 g/mol. The molecule has 2 aliphatic rings. The first-order valence-electron chi connectivity index (χ1n) is 6.14. The zero-order chi connectivity index (χ0) is 12.7. The van der Waals surface area contributed by atoms with Crippen LogP contribution >= 0.6 is 11.8 Å². The van der Waals surface area contributed by atoms with E-state index in [1.807, 2.05) is 18.2 Å². The van der Waals surface area contributed by atoms with Gasteiger partial charge in [0.2, 0.25) is 0 Å². The molecule has 0 fully saturated rings. The van der Waals surface area contributed by atoms with Crippen LogP contribution in [0.1, 0.15) is 11.7 Å². The van der Waals surface area contributed by atoms with E-state index in [1.54, 1.807) is 11.8 Å². The molecule has 1 atom stereocenters. The Labute approximate surface area is 115 Å². The number of rotatable bonds is 1. The highest BCUT2D eigenvalue weighted by atomic mass is 32.2. The molecule has 1 unspecified atom stereocenters. The summed E-state index contributed by atoms with van der Waals surface area (Å²) in [6.45, 7) is 0. The van der Waals surface area contributed by atoms with E-state index in [4.69, 9.17) is 0 Å². The summed E-state index contributed by atoms with van der Waals surface area (Å²) in [4.78, 5) is 3.45. The second-order valence-electron chi connectivity index (χ2n) is 4.43. The summed E-state index contributed by atoms with van der Waals surface area (Å²) in [7, 11) is 0. The fourth-order valence-electron chi connectivity index (χ4n) is 2.39. The molecule has 0 N–H and O–H groups in total. The number of azo groups is 1. The predicted molar refractivity (Wildman–Crippen MR) is 76.9 cm³/mol. The zero-order valence-electron chi connectivity index (χ0n) is 10.1. The molecule has 19 heavy (non-hydrogen) atoms. The summed E-state index contributed by atoms with van der Waals surface area (Å²) in [5, 5.41) is 10.8. The third kappa shape index (κ3) is 1.68. The minimum Gasteiger partial charge on any atom is -0.295 e. The molecular formula is C15H11N3S. The molecule has 2 heterocycles. The molecule has 2 aromatic rings. The third-order valence-electron chi connectivity index (χ3n) is 3.27. The van der Waals surface area contributed by atoms with Crippen molar-refractivity contribution in [3.8, 4) is 0 Å². The highest BCUT2D eigenvalue weighted by molar-refractivity contribution is 8.02. The molecule has 92 valence electrons. The van der Waals surface area contributed by atoms with Gasteiger partial charge in [0.15, 0.2) is 12.0 Å². The van der Waals surface area contributed by atoms with E-state index in [-0.39, 0.29) is 6.17 Å². The Morgan fingerprint density at radius 3 is 2.63 bits per heavy atom. The van der Waals surface area contributed by atoms with Gasteiger partial charge >= 0.3 is 0 Å². The largest absolute Gasteiger partial charge is 0.295 e. The molecule has 4 rings (SSSR count). The lowest BCUT2D eigenvalue weighted by Gasteiger charge is -2.29. The Bertz CT molecular complexity index is 679. The molecule has 0 amide bonds. The van der Waals surface area contributed by atoms with Crippen molar-refractivity contribution in [1.82, 2.24) is 0 Å². The Morgan fingerprint density at radius 1 is 0.947 bits per heavy atom. The number of fused-ring (bicyclic) bond motifs is 3. The SMILES string of the molecule is C1=C2N=NC(c3ccccc3)N2c2ccccc2S1. The van der Waals surface area contributed by atoms with Crippen molar-refractivity contribution in [1.29, 1.82) is 0 Å². The number of anilines is 1. The zero-order valence-corrected chi connectivity index (χ0v) is 10.9. The van der Waals surface area contributed by atoms with Gasteiger partial charge < -0.3 is 0 Å². The average Bonchev–Trinajstić information content (AvgIpc) is 2.92. The molecule has 0 aromatic heterocycles. The molecule has 0 saturated carbocycles. The van der Waals surface area contributed by atoms with Crippen LogP contribution < -0.4 is 4.90 Å². The van der Waals surface area contributed by atoms with Crippen LogP contribution in [0.25, 0.3) is 0 Å². The normalized spacial score (nSPS) is 19.9. The fourth-order valence-corrected chi connectivity index (χ4v) is 3.22. The van der Waals surface area contributed by atoms with Crippen molar-refractivity contribution >= 4 is 17.4 Å². The maximum absolute atomic E-state index is 4.42. The van der Waals surface area contributed by atoms with E-state index in [0.29, 0.717) is 0 Å². The number of para-hydroxylation sites is 1. The van der Waals surface area contributed by atoms with E-state index in [0.717, 1.165) is 11.4 Å². The van der Waals surface area contributed by atoms with E-state index >= 15 is 0 Å². The molecule has 3 nitrogen and oxygen atoms in total. The second kappa shape index (κ2) is 4.24. The van der Waals surface area contributed by atoms with E-state index in [1.165, 1.54) is 10.6 Å². The van der Waals surface area contributed by atoms with E-state index < -0.39 is 0 Å². The van der Waals surface area contributed by atoms with Crippen LogP contribution in [-0.4, -0.2) is 0 Å². The van der Waals surface area contributed by atoms with Crippen LogP contribution in [0.2, 0.25) is 0 Å². The Morgan fingerprint density at radius 2 is 1.74 bits per heavy atom. The topological polar surface area (TPSA) is 28.0 Å². The lowest BCUT2D eigenvalue weighted by Crippen LogP contribution is -2.23. The van der Waals surface area contributed by atoms with Crippen LogP contribution in [0.3, 0.4) is 0 Å². The van der Waals surface area contributed by atoms with Gasteiger partial charge in [0.05, 0.1) is 5.69 Å². The van der Waals surface area contributed by atoms with Crippen molar-refractivity contribution in [2.45, 2.75) is 11.1 Å². The van der Waals surface area contributed by atoms with E-state index in [9.17, 15) is 0 Å². The molecule has 0 spiro atoms. The molecule has 2 aromatic carbocycles. The minimum absolute atomic E-state index is 0.0468. The first-order valence-corrected chi connectivity index (χ1v) is 7.02. The van der Waals surface area contributed by atoms with Crippen molar-refractivity contribution in [2.24, 2.45) is 10.2 Å². The molecule has 0 aliphatic carbocycles. The minimum atomic E-state index is -0.0468. The smallest absolute Gasteiger partial charge is 0.173 e. The molecule has 2 aliphatic heterocycles. The van der Waals surface area contributed by atoms with Gasteiger partial charge in [0.25, 0.3) is 0 Å². The van der Waals surface area contributed by atoms with Gasteiger partial charge in [0.1, 0.15) is 0 Å². The van der Waals surface area contributed by atoms with Crippen LogP contribution in [0.4, 0.5) is 5.69 Å². The van der Waals surface area contributed by atoms with E-state index in [2.05, 4.69) is 56.9 Å². The van der Waals surface area contributed by atoms with Crippen LogP contribution in [-0.2, 0) is 0 Å². The summed E-state index contributed by atoms with van der Waals surface area (Å²) in [5.74, 6) is 0.928. The van der Waals surface area contributed by atoms with Gasteiger partial charge in [-0.15, -0.1) is 5.11 Å². The van der Waals surface area contributed by atoms with Crippen LogP contribution in [0, 0.1) is 0 Å². The highest BCUT2D eigenvalue weighted by Crippen LogP contribution is 2.46. The summed E-state index contributed by atoms with van der Waals surface area (Å²) in [5.41, 5.74) is 2.35. The molecular weight excluding hydrogens is 254 g/mol. The van der Waals surface area contributed by atoms with Crippen molar-refractivity contribution in [3.63, 3.8) is 0 Å². The fraction of sp³-hybridized carbons (Fsp3) is 0.0667. The number of hydrogen-bond donors (Lipinski definition) is 0. The first-order chi connectivity index (χ1) is 9.43. The van der Waals surface area contributed by atoms with Crippen molar-refractivity contribution in [2.75, 3.05) is 4.90 Å². The monoisotopic (exact) mass is 265 g/mol.